The van der Waals surface area contributed by atoms with Gasteiger partial charge in [-0.15, -0.1) is 0 Å². The van der Waals surface area contributed by atoms with Gasteiger partial charge in [-0.2, -0.15) is 5.10 Å². The Balaban J connectivity index is 1.37. The third kappa shape index (κ3) is 3.18. The van der Waals surface area contributed by atoms with E-state index in [1.165, 1.54) is 21.5 Å². The predicted octanol–water partition coefficient (Wildman–Crippen LogP) is 3.08. The second-order valence-corrected chi connectivity index (χ2v) is 8.61. The standard InChI is InChI=1S/C24H27N5O3/c1-15-5-6-16(2)20(13-15)26-8-10-27(11-9-26)23(30)17(3)29-24(31)21-14-22-19(7-12-32-22)28(21)18(4)25-29/h5-7,12-14,17H,8-11H2,1-4H3. The monoisotopic (exact) mass is 433 g/mol. The summed E-state index contributed by atoms with van der Waals surface area (Å²) >= 11 is 0. The van der Waals surface area contributed by atoms with Crippen molar-refractivity contribution in [1.82, 2.24) is 19.1 Å². The molecular formula is C24H27N5O3. The summed E-state index contributed by atoms with van der Waals surface area (Å²) in [6.45, 7) is 10.5. The van der Waals surface area contributed by atoms with E-state index in [-0.39, 0.29) is 11.5 Å². The van der Waals surface area contributed by atoms with Crippen LogP contribution in [0.1, 0.15) is 29.9 Å². The predicted molar refractivity (Wildman–Crippen MR) is 123 cm³/mol. The van der Waals surface area contributed by atoms with E-state index in [2.05, 4.69) is 42.0 Å². The molecule has 1 aliphatic heterocycles. The lowest BCUT2D eigenvalue weighted by Crippen LogP contribution is -2.51. The zero-order valence-corrected chi connectivity index (χ0v) is 18.8. The molecule has 0 aliphatic carbocycles. The topological polar surface area (TPSA) is 76.0 Å². The number of aryl methyl sites for hydroxylation is 3. The van der Waals surface area contributed by atoms with Crippen LogP contribution in [0.2, 0.25) is 0 Å². The molecule has 1 fully saturated rings. The van der Waals surface area contributed by atoms with Crippen LogP contribution in [-0.4, -0.2) is 51.2 Å². The van der Waals surface area contributed by atoms with Gasteiger partial charge in [-0.05, 0) is 44.9 Å². The van der Waals surface area contributed by atoms with Gasteiger partial charge in [0.2, 0.25) is 5.91 Å². The van der Waals surface area contributed by atoms with Crippen LogP contribution in [0.15, 0.2) is 45.8 Å². The number of hydrogen-bond acceptors (Lipinski definition) is 5. The number of fused-ring (bicyclic) bond motifs is 3. The minimum atomic E-state index is -0.681. The van der Waals surface area contributed by atoms with Gasteiger partial charge in [-0.25, -0.2) is 4.68 Å². The number of aromatic nitrogens is 3. The van der Waals surface area contributed by atoms with Crippen molar-refractivity contribution >= 4 is 28.2 Å². The SMILES string of the molecule is Cc1ccc(C)c(N2CCN(C(=O)C(C)n3nc(C)n4c(cc5occc54)c3=O)CC2)c1. The van der Waals surface area contributed by atoms with Gasteiger partial charge in [0.15, 0.2) is 5.58 Å². The number of furan rings is 1. The summed E-state index contributed by atoms with van der Waals surface area (Å²) in [7, 11) is 0. The van der Waals surface area contributed by atoms with E-state index in [9.17, 15) is 9.59 Å². The van der Waals surface area contributed by atoms with Crippen LogP contribution in [0.5, 0.6) is 0 Å². The van der Waals surface area contributed by atoms with Crippen molar-refractivity contribution in [3.05, 3.63) is 63.9 Å². The average molecular weight is 434 g/mol. The summed E-state index contributed by atoms with van der Waals surface area (Å²) in [6, 6.07) is 9.29. The maximum atomic E-state index is 13.3. The largest absolute Gasteiger partial charge is 0.463 e. The fraction of sp³-hybridized carbons (Fsp3) is 0.375. The van der Waals surface area contributed by atoms with E-state index in [0.717, 1.165) is 18.6 Å². The van der Waals surface area contributed by atoms with Crippen molar-refractivity contribution in [2.45, 2.75) is 33.7 Å². The van der Waals surface area contributed by atoms with E-state index in [1.54, 1.807) is 23.7 Å². The minimum Gasteiger partial charge on any atom is -0.463 e. The molecule has 4 heterocycles. The molecule has 32 heavy (non-hydrogen) atoms. The molecule has 0 saturated carbocycles. The molecule has 8 heteroatoms. The molecule has 1 atom stereocenters. The van der Waals surface area contributed by atoms with E-state index in [0.29, 0.717) is 30.0 Å². The Labute approximate surface area is 185 Å². The number of nitrogens with zero attached hydrogens (tertiary/aromatic N) is 5. The molecule has 1 saturated heterocycles. The molecule has 4 aromatic rings. The second-order valence-electron chi connectivity index (χ2n) is 8.61. The van der Waals surface area contributed by atoms with Gasteiger partial charge in [0, 0.05) is 44.0 Å². The fourth-order valence-electron chi connectivity index (χ4n) is 4.65. The lowest BCUT2D eigenvalue weighted by atomic mass is 10.1. The summed E-state index contributed by atoms with van der Waals surface area (Å²) in [4.78, 5) is 30.6. The summed E-state index contributed by atoms with van der Waals surface area (Å²) < 4.78 is 8.53. The highest BCUT2D eigenvalue weighted by Gasteiger charge is 2.28. The first-order valence-corrected chi connectivity index (χ1v) is 10.9. The Morgan fingerprint density at radius 3 is 2.53 bits per heavy atom. The number of benzene rings is 1. The van der Waals surface area contributed by atoms with Gasteiger partial charge < -0.3 is 14.2 Å². The Morgan fingerprint density at radius 1 is 1.03 bits per heavy atom. The van der Waals surface area contributed by atoms with Crippen LogP contribution in [0.3, 0.4) is 0 Å². The van der Waals surface area contributed by atoms with Crippen molar-refractivity contribution < 1.29 is 9.21 Å². The van der Waals surface area contributed by atoms with E-state index in [4.69, 9.17) is 4.42 Å². The third-order valence-corrected chi connectivity index (χ3v) is 6.45. The first-order valence-electron chi connectivity index (χ1n) is 10.9. The Morgan fingerprint density at radius 2 is 1.78 bits per heavy atom. The van der Waals surface area contributed by atoms with Crippen molar-refractivity contribution in [3.63, 3.8) is 0 Å². The maximum Gasteiger partial charge on any atom is 0.291 e. The number of anilines is 1. The van der Waals surface area contributed by atoms with Crippen molar-refractivity contribution in [3.8, 4) is 0 Å². The molecular weight excluding hydrogens is 406 g/mol. The molecule has 1 aromatic carbocycles. The van der Waals surface area contributed by atoms with Crippen LogP contribution in [-0.2, 0) is 4.79 Å². The highest BCUT2D eigenvalue weighted by Crippen LogP contribution is 2.24. The van der Waals surface area contributed by atoms with Crippen molar-refractivity contribution in [1.29, 1.82) is 0 Å². The fourth-order valence-corrected chi connectivity index (χ4v) is 4.65. The average Bonchev–Trinajstić information content (AvgIpc) is 3.39. The number of amides is 1. The molecule has 1 aliphatic rings. The van der Waals surface area contributed by atoms with E-state index < -0.39 is 6.04 Å². The number of piperazine rings is 1. The molecule has 0 radical (unpaired) electrons. The summed E-state index contributed by atoms with van der Waals surface area (Å²) in [6.07, 6.45) is 1.59. The zero-order chi connectivity index (χ0) is 22.6. The van der Waals surface area contributed by atoms with Gasteiger partial charge in [-0.3, -0.25) is 14.0 Å². The lowest BCUT2D eigenvalue weighted by Gasteiger charge is -2.38. The van der Waals surface area contributed by atoms with Crippen molar-refractivity contribution in [2.75, 3.05) is 31.1 Å². The summed E-state index contributed by atoms with van der Waals surface area (Å²) in [5, 5.41) is 4.47. The molecule has 0 spiro atoms. The second kappa shape index (κ2) is 7.55. The highest BCUT2D eigenvalue weighted by molar-refractivity contribution is 5.83. The van der Waals surface area contributed by atoms with Crippen LogP contribution >= 0.6 is 0 Å². The molecule has 5 rings (SSSR count). The molecule has 8 nitrogen and oxygen atoms in total. The van der Waals surface area contributed by atoms with Gasteiger partial charge >= 0.3 is 0 Å². The first-order chi connectivity index (χ1) is 15.3. The van der Waals surface area contributed by atoms with Gasteiger partial charge in [-0.1, -0.05) is 12.1 Å². The minimum absolute atomic E-state index is 0.0841. The Kier molecular flexibility index (Phi) is 4.80. The molecule has 0 bridgehead atoms. The highest BCUT2D eigenvalue weighted by atomic mass is 16.3. The van der Waals surface area contributed by atoms with Crippen LogP contribution in [0, 0.1) is 20.8 Å². The van der Waals surface area contributed by atoms with Gasteiger partial charge in [0.05, 0.1) is 11.8 Å². The van der Waals surface area contributed by atoms with Gasteiger partial charge in [0.1, 0.15) is 17.4 Å². The normalized spacial score (nSPS) is 15.6. The zero-order valence-electron chi connectivity index (χ0n) is 18.8. The third-order valence-electron chi connectivity index (χ3n) is 6.45. The molecule has 166 valence electrons. The molecule has 1 amide bonds. The van der Waals surface area contributed by atoms with Gasteiger partial charge in [0.25, 0.3) is 5.56 Å². The van der Waals surface area contributed by atoms with Crippen LogP contribution in [0.25, 0.3) is 16.6 Å². The first kappa shape index (κ1) is 20.4. The Hall–Kier alpha value is -3.55. The molecule has 0 N–H and O–H groups in total. The molecule has 1 unspecified atom stereocenters. The number of carbonyl (C=O) groups excluding carboxylic acids is 1. The van der Waals surface area contributed by atoms with E-state index >= 15 is 0 Å². The quantitative estimate of drug-likeness (QED) is 0.496. The summed E-state index contributed by atoms with van der Waals surface area (Å²) in [5.41, 5.74) is 5.29. The van der Waals surface area contributed by atoms with Crippen LogP contribution < -0.4 is 10.5 Å². The smallest absolute Gasteiger partial charge is 0.291 e. The Bertz CT molecular complexity index is 1390. The molecule has 3 aromatic heterocycles. The van der Waals surface area contributed by atoms with E-state index in [1.807, 2.05) is 17.9 Å². The number of carbonyl (C=O) groups is 1. The lowest BCUT2D eigenvalue weighted by molar-refractivity contribution is -0.135. The number of rotatable bonds is 3. The number of hydrogen-bond donors (Lipinski definition) is 0. The maximum absolute atomic E-state index is 13.3. The van der Waals surface area contributed by atoms with Crippen LogP contribution in [0.4, 0.5) is 5.69 Å². The summed E-state index contributed by atoms with van der Waals surface area (Å²) in [5.74, 6) is 0.551. The van der Waals surface area contributed by atoms with Crippen molar-refractivity contribution in [2.24, 2.45) is 0 Å².